The van der Waals surface area contributed by atoms with Crippen molar-refractivity contribution in [3.8, 4) is 0 Å². The summed E-state index contributed by atoms with van der Waals surface area (Å²) in [6.07, 6.45) is 2.91. The highest BCUT2D eigenvalue weighted by Gasteiger charge is 2.32. The summed E-state index contributed by atoms with van der Waals surface area (Å²) in [6, 6.07) is 6.23. The molecule has 18 heavy (non-hydrogen) atoms. The second-order valence-corrected chi connectivity index (χ2v) is 5.79. The van der Waals surface area contributed by atoms with Gasteiger partial charge in [-0.25, -0.2) is 0 Å². The van der Waals surface area contributed by atoms with E-state index >= 15 is 0 Å². The maximum absolute atomic E-state index is 11.9. The van der Waals surface area contributed by atoms with Gasteiger partial charge in [-0.05, 0) is 36.6 Å². The second kappa shape index (κ2) is 5.41. The number of fused-ring (bicyclic) bond motifs is 1. The Kier molecular flexibility index (Phi) is 4.07. The minimum absolute atomic E-state index is 0.0182. The van der Waals surface area contributed by atoms with E-state index < -0.39 is 0 Å². The third-order valence-corrected chi connectivity index (χ3v) is 3.99. The summed E-state index contributed by atoms with van der Waals surface area (Å²) in [6.45, 7) is 3.77. The van der Waals surface area contributed by atoms with Crippen molar-refractivity contribution in [3.05, 3.63) is 28.2 Å². The highest BCUT2D eigenvalue weighted by atomic mass is 79.9. The van der Waals surface area contributed by atoms with Crippen molar-refractivity contribution in [1.82, 2.24) is 0 Å². The van der Waals surface area contributed by atoms with Crippen LogP contribution in [0.2, 0.25) is 0 Å². The number of nitrogens with two attached hydrogens (primary N) is 1. The number of nitrogens with zero attached hydrogens (tertiary/aromatic N) is 1. The molecule has 1 aromatic rings. The number of benzene rings is 1. The minimum Gasteiger partial charge on any atom is -0.324 e. The molecule has 0 unspecified atom stereocenters. The van der Waals surface area contributed by atoms with Gasteiger partial charge in [-0.15, -0.1) is 0 Å². The first-order valence-electron chi connectivity index (χ1n) is 6.39. The summed E-state index contributed by atoms with van der Waals surface area (Å²) in [4.78, 5) is 13.8. The number of halogens is 1. The molecule has 1 heterocycles. The zero-order valence-corrected chi connectivity index (χ0v) is 12.4. The Labute approximate surface area is 116 Å². The van der Waals surface area contributed by atoms with Crippen LogP contribution in [-0.2, 0) is 4.79 Å². The third kappa shape index (κ3) is 2.45. The van der Waals surface area contributed by atoms with Crippen molar-refractivity contribution in [2.24, 2.45) is 5.73 Å². The van der Waals surface area contributed by atoms with Gasteiger partial charge in [0.25, 0.3) is 0 Å². The smallest absolute Gasteiger partial charge is 0.224 e. The van der Waals surface area contributed by atoms with E-state index in [0.717, 1.165) is 35.0 Å². The van der Waals surface area contributed by atoms with Gasteiger partial charge in [-0.3, -0.25) is 4.79 Å². The quantitative estimate of drug-likeness (QED) is 0.910. The van der Waals surface area contributed by atoms with Gasteiger partial charge in [0.1, 0.15) is 0 Å². The van der Waals surface area contributed by atoms with Crippen LogP contribution in [0.25, 0.3) is 0 Å². The van der Waals surface area contributed by atoms with Gasteiger partial charge in [-0.2, -0.15) is 0 Å². The van der Waals surface area contributed by atoms with Crippen LogP contribution in [0.15, 0.2) is 22.7 Å². The van der Waals surface area contributed by atoms with Gasteiger partial charge in [0, 0.05) is 29.2 Å². The molecule has 1 aromatic carbocycles. The van der Waals surface area contributed by atoms with Crippen LogP contribution in [0.5, 0.6) is 0 Å². The van der Waals surface area contributed by atoms with Crippen molar-refractivity contribution in [3.63, 3.8) is 0 Å². The van der Waals surface area contributed by atoms with E-state index in [-0.39, 0.29) is 18.0 Å². The summed E-state index contributed by atoms with van der Waals surface area (Å²) >= 11 is 3.46. The molecule has 1 aliphatic rings. The van der Waals surface area contributed by atoms with E-state index in [1.807, 2.05) is 23.1 Å². The molecule has 2 N–H and O–H groups in total. The van der Waals surface area contributed by atoms with Crippen LogP contribution in [0.4, 0.5) is 5.69 Å². The Morgan fingerprint density at radius 1 is 1.56 bits per heavy atom. The van der Waals surface area contributed by atoms with Gasteiger partial charge in [-0.1, -0.05) is 29.3 Å². The molecule has 1 amide bonds. The van der Waals surface area contributed by atoms with Gasteiger partial charge in [0.2, 0.25) is 5.91 Å². The zero-order valence-electron chi connectivity index (χ0n) is 10.8. The molecule has 2 rings (SSSR count). The van der Waals surface area contributed by atoms with Crippen LogP contribution in [0.3, 0.4) is 0 Å². The molecular formula is C14H19BrN2O. The lowest BCUT2D eigenvalue weighted by Gasteiger charge is -2.39. The summed E-state index contributed by atoms with van der Waals surface area (Å²) < 4.78 is 1.01. The summed E-state index contributed by atoms with van der Waals surface area (Å²) in [5.41, 5.74) is 8.28. The number of carbonyl (C=O) groups excluding carboxylic acids is 1. The maximum Gasteiger partial charge on any atom is 0.224 e. The molecule has 0 aromatic heterocycles. The van der Waals surface area contributed by atoms with Crippen LogP contribution in [-0.4, -0.2) is 11.9 Å². The molecule has 1 aliphatic heterocycles. The summed E-state index contributed by atoms with van der Waals surface area (Å²) in [7, 11) is 0. The number of rotatable bonds is 2. The number of anilines is 1. The lowest BCUT2D eigenvalue weighted by molar-refractivity contribution is -0.117. The predicted octanol–water partition coefficient (Wildman–Crippen LogP) is 3.37. The number of carbonyl (C=O) groups is 1. The largest absolute Gasteiger partial charge is 0.324 e. The van der Waals surface area contributed by atoms with Crippen molar-refractivity contribution in [2.45, 2.75) is 45.2 Å². The van der Waals surface area contributed by atoms with Gasteiger partial charge < -0.3 is 10.6 Å². The molecule has 2 atom stereocenters. The molecule has 0 aliphatic carbocycles. The summed E-state index contributed by atoms with van der Waals surface area (Å²) in [5.74, 6) is 0.101. The van der Waals surface area contributed by atoms with Crippen LogP contribution < -0.4 is 10.6 Å². The fourth-order valence-corrected chi connectivity index (χ4v) is 3.15. The number of hydrogen-bond acceptors (Lipinski definition) is 2. The average Bonchev–Trinajstić information content (AvgIpc) is 2.30. The summed E-state index contributed by atoms with van der Waals surface area (Å²) in [5, 5.41) is 0. The molecule has 98 valence electrons. The maximum atomic E-state index is 11.9. The Morgan fingerprint density at radius 3 is 2.89 bits per heavy atom. The molecule has 0 radical (unpaired) electrons. The van der Waals surface area contributed by atoms with Crippen molar-refractivity contribution < 1.29 is 4.79 Å². The third-order valence-electron chi connectivity index (χ3n) is 3.50. The van der Waals surface area contributed by atoms with Crippen molar-refractivity contribution in [1.29, 1.82) is 0 Å². The first-order chi connectivity index (χ1) is 8.54. The SMILES string of the molecule is CCC[C@H]1C[C@@H](N)c2cc(Br)ccc2N1C(C)=O. The van der Waals surface area contributed by atoms with Gasteiger partial charge in [0.05, 0.1) is 0 Å². The Morgan fingerprint density at radius 2 is 2.28 bits per heavy atom. The topological polar surface area (TPSA) is 46.3 Å². The highest BCUT2D eigenvalue weighted by Crippen LogP contribution is 2.38. The molecular weight excluding hydrogens is 292 g/mol. The fourth-order valence-electron chi connectivity index (χ4n) is 2.77. The molecule has 3 nitrogen and oxygen atoms in total. The van der Waals surface area contributed by atoms with Crippen LogP contribution in [0.1, 0.15) is 44.7 Å². The molecule has 4 heteroatoms. The molecule has 0 saturated carbocycles. The van der Waals surface area contributed by atoms with Gasteiger partial charge >= 0.3 is 0 Å². The monoisotopic (exact) mass is 310 g/mol. The Balaban J connectivity index is 2.46. The standard InChI is InChI=1S/C14H19BrN2O/c1-3-4-11-8-13(16)12-7-10(15)5-6-14(12)17(11)9(2)18/h5-7,11,13H,3-4,8,16H2,1-2H3/t11-,13+/m0/s1. The second-order valence-electron chi connectivity index (χ2n) is 4.88. The fraction of sp³-hybridized carbons (Fsp3) is 0.500. The Bertz CT molecular complexity index is 461. The first-order valence-corrected chi connectivity index (χ1v) is 7.18. The normalized spacial score (nSPS) is 22.8. The van der Waals surface area contributed by atoms with E-state index in [9.17, 15) is 4.79 Å². The first kappa shape index (κ1) is 13.6. The van der Waals surface area contributed by atoms with E-state index in [1.165, 1.54) is 0 Å². The Hall–Kier alpha value is -0.870. The van der Waals surface area contributed by atoms with Crippen LogP contribution >= 0.6 is 15.9 Å². The van der Waals surface area contributed by atoms with E-state index in [2.05, 4.69) is 22.9 Å². The minimum atomic E-state index is 0.0182. The highest BCUT2D eigenvalue weighted by molar-refractivity contribution is 9.10. The lowest BCUT2D eigenvalue weighted by atomic mass is 9.89. The average molecular weight is 311 g/mol. The van der Waals surface area contributed by atoms with Gasteiger partial charge in [0.15, 0.2) is 0 Å². The van der Waals surface area contributed by atoms with Crippen LogP contribution in [0, 0.1) is 0 Å². The van der Waals surface area contributed by atoms with E-state index in [0.29, 0.717) is 0 Å². The predicted molar refractivity (Wildman–Crippen MR) is 77.5 cm³/mol. The molecule has 0 fully saturated rings. The lowest BCUT2D eigenvalue weighted by Crippen LogP contribution is -2.45. The van der Waals surface area contributed by atoms with Crippen molar-refractivity contribution in [2.75, 3.05) is 4.90 Å². The molecule has 0 saturated heterocycles. The number of hydrogen-bond donors (Lipinski definition) is 1. The van der Waals surface area contributed by atoms with E-state index in [4.69, 9.17) is 5.73 Å². The molecule has 0 spiro atoms. The van der Waals surface area contributed by atoms with E-state index in [1.54, 1.807) is 6.92 Å². The van der Waals surface area contributed by atoms with Crippen molar-refractivity contribution >= 4 is 27.5 Å². The molecule has 0 bridgehead atoms. The number of amides is 1. The zero-order chi connectivity index (χ0) is 13.3.